The van der Waals surface area contributed by atoms with E-state index in [0.717, 1.165) is 5.56 Å². The predicted octanol–water partition coefficient (Wildman–Crippen LogP) is 3.85. The van der Waals surface area contributed by atoms with E-state index >= 15 is 0 Å². The van der Waals surface area contributed by atoms with Crippen molar-refractivity contribution in [2.24, 2.45) is 7.05 Å². The van der Waals surface area contributed by atoms with Gasteiger partial charge in [-0.1, -0.05) is 30.0 Å². The Morgan fingerprint density at radius 1 is 1.23 bits per heavy atom. The number of aromatic nitrogens is 1. The molecule has 0 unspecified atom stereocenters. The molecule has 1 aromatic heterocycles. The Hall–Kier alpha value is -3.29. The number of nitriles is 1. The van der Waals surface area contributed by atoms with Crippen LogP contribution in [0.5, 0.6) is 11.5 Å². The molecule has 3 rings (SSSR count). The third-order valence-corrected chi connectivity index (χ3v) is 7.10. The molecule has 1 aromatic carbocycles. The molecule has 2 heterocycles. The summed E-state index contributed by atoms with van der Waals surface area (Å²) in [6.45, 7) is 6.02. The van der Waals surface area contributed by atoms with Gasteiger partial charge in [-0.3, -0.25) is 19.1 Å². The second kappa shape index (κ2) is 11.0. The second-order valence-electron chi connectivity index (χ2n) is 8.25. The van der Waals surface area contributed by atoms with Crippen LogP contribution in [-0.2, 0) is 18.3 Å². The van der Waals surface area contributed by atoms with Crippen molar-refractivity contribution in [2.75, 3.05) is 26.1 Å². The minimum Gasteiger partial charge on any atom is -0.493 e. The summed E-state index contributed by atoms with van der Waals surface area (Å²) in [5.74, 6) is 1.63. The van der Waals surface area contributed by atoms with Crippen molar-refractivity contribution in [3.05, 3.63) is 55.7 Å². The number of hydrogen-bond donors (Lipinski definition) is 1. The minimum absolute atomic E-state index is 0.0449. The van der Waals surface area contributed by atoms with Gasteiger partial charge in [0.1, 0.15) is 21.8 Å². The molecule has 35 heavy (non-hydrogen) atoms. The van der Waals surface area contributed by atoms with E-state index in [1.54, 1.807) is 39.2 Å². The quantitative estimate of drug-likeness (QED) is 0.421. The maximum Gasteiger partial charge on any atom is 0.270 e. The van der Waals surface area contributed by atoms with E-state index < -0.39 is 5.56 Å². The van der Waals surface area contributed by atoms with Gasteiger partial charge in [-0.05, 0) is 56.5 Å². The van der Waals surface area contributed by atoms with Crippen molar-refractivity contribution >= 4 is 46.1 Å². The molecule has 1 saturated heterocycles. The van der Waals surface area contributed by atoms with Gasteiger partial charge in [0, 0.05) is 25.2 Å². The molecular formula is C25H28N4O4S2. The molecule has 1 amide bonds. The van der Waals surface area contributed by atoms with Crippen LogP contribution in [0.3, 0.4) is 0 Å². The summed E-state index contributed by atoms with van der Waals surface area (Å²) < 4.78 is 12.6. The van der Waals surface area contributed by atoms with Crippen LogP contribution in [0, 0.1) is 18.3 Å². The second-order valence-corrected chi connectivity index (χ2v) is 9.93. The van der Waals surface area contributed by atoms with E-state index in [2.05, 4.69) is 5.32 Å². The van der Waals surface area contributed by atoms with E-state index in [4.69, 9.17) is 21.7 Å². The fourth-order valence-electron chi connectivity index (χ4n) is 3.86. The normalized spacial score (nSPS) is 14.6. The van der Waals surface area contributed by atoms with Gasteiger partial charge in [-0.2, -0.15) is 5.26 Å². The molecule has 2 aromatic rings. The number of anilines is 1. The number of amides is 1. The number of nitrogens with zero attached hydrogens (tertiary/aromatic N) is 3. The number of thiocarbonyl (C=S) groups is 1. The molecule has 1 N–H and O–H groups in total. The number of nitrogens with one attached hydrogen (secondary N) is 1. The summed E-state index contributed by atoms with van der Waals surface area (Å²) >= 11 is 6.61. The van der Waals surface area contributed by atoms with E-state index in [9.17, 15) is 14.9 Å². The number of carbonyl (C=O) groups excluding carboxylic acids is 1. The molecule has 0 saturated carbocycles. The lowest BCUT2D eigenvalue weighted by molar-refractivity contribution is -0.123. The Labute approximate surface area is 214 Å². The molecule has 8 nitrogen and oxygen atoms in total. The lowest BCUT2D eigenvalue weighted by atomic mass is 10.0. The molecular weight excluding hydrogens is 484 g/mol. The number of methoxy groups -OCH3 is 2. The summed E-state index contributed by atoms with van der Waals surface area (Å²) in [7, 11) is 4.78. The number of pyridine rings is 1. The SMILES string of the molecule is COc1ccc(CCNc2c(/C=C3/SC(=S)N(C(C)C)C3=O)c(C)c(C#N)c(=O)n2C)cc1OC. The van der Waals surface area contributed by atoms with Gasteiger partial charge in [-0.25, -0.2) is 0 Å². The van der Waals surface area contributed by atoms with Crippen LogP contribution in [-0.4, -0.2) is 46.5 Å². The maximum atomic E-state index is 13.0. The Bertz CT molecular complexity index is 1310. The van der Waals surface area contributed by atoms with Gasteiger partial charge in [0.05, 0.1) is 19.1 Å². The molecule has 0 spiro atoms. The molecule has 1 aliphatic rings. The highest BCUT2D eigenvalue weighted by Crippen LogP contribution is 2.36. The largest absolute Gasteiger partial charge is 0.493 e. The van der Waals surface area contributed by atoms with Crippen molar-refractivity contribution in [1.82, 2.24) is 9.47 Å². The molecule has 0 radical (unpaired) electrons. The van der Waals surface area contributed by atoms with Crippen LogP contribution in [0.15, 0.2) is 27.9 Å². The third-order valence-electron chi connectivity index (χ3n) is 5.77. The zero-order valence-corrected chi connectivity index (χ0v) is 22.2. The highest BCUT2D eigenvalue weighted by atomic mass is 32.2. The summed E-state index contributed by atoms with van der Waals surface area (Å²) in [6, 6.07) is 7.64. The molecule has 0 atom stereocenters. The number of thioether (sulfide) groups is 1. The van der Waals surface area contributed by atoms with E-state index in [0.29, 0.717) is 50.6 Å². The van der Waals surface area contributed by atoms with Crippen molar-refractivity contribution in [3.63, 3.8) is 0 Å². The van der Waals surface area contributed by atoms with Crippen LogP contribution in [0.4, 0.5) is 5.82 Å². The summed E-state index contributed by atoms with van der Waals surface area (Å²) in [4.78, 5) is 27.8. The average molecular weight is 513 g/mol. The molecule has 1 fully saturated rings. The number of hydrogen-bond acceptors (Lipinski definition) is 8. The average Bonchev–Trinajstić information content (AvgIpc) is 3.12. The van der Waals surface area contributed by atoms with Gasteiger partial charge in [-0.15, -0.1) is 0 Å². The van der Waals surface area contributed by atoms with Crippen LogP contribution >= 0.6 is 24.0 Å². The Morgan fingerprint density at radius 2 is 1.91 bits per heavy atom. The van der Waals surface area contributed by atoms with Crippen molar-refractivity contribution in [1.29, 1.82) is 5.26 Å². The van der Waals surface area contributed by atoms with Gasteiger partial charge in [0.15, 0.2) is 11.5 Å². The van der Waals surface area contributed by atoms with Crippen LogP contribution < -0.4 is 20.3 Å². The zero-order valence-electron chi connectivity index (χ0n) is 20.6. The lowest BCUT2D eigenvalue weighted by Gasteiger charge is -2.19. The topological polar surface area (TPSA) is 96.6 Å². The Balaban J connectivity index is 1.98. The fourth-order valence-corrected chi connectivity index (χ4v) is 5.37. The highest BCUT2D eigenvalue weighted by Gasteiger charge is 2.34. The van der Waals surface area contributed by atoms with Crippen LogP contribution in [0.2, 0.25) is 0 Å². The number of rotatable bonds is 8. The minimum atomic E-state index is -0.398. The Kier molecular flexibility index (Phi) is 8.25. The smallest absolute Gasteiger partial charge is 0.270 e. The first-order chi connectivity index (χ1) is 16.6. The number of carbonyl (C=O) groups is 1. The van der Waals surface area contributed by atoms with Crippen molar-refractivity contribution < 1.29 is 14.3 Å². The van der Waals surface area contributed by atoms with E-state index in [1.165, 1.54) is 16.3 Å². The molecule has 0 aliphatic carbocycles. The van der Waals surface area contributed by atoms with Gasteiger partial charge < -0.3 is 14.8 Å². The summed E-state index contributed by atoms with van der Waals surface area (Å²) in [5, 5.41) is 12.9. The molecule has 10 heteroatoms. The van der Waals surface area contributed by atoms with Crippen molar-refractivity contribution in [3.8, 4) is 17.6 Å². The lowest BCUT2D eigenvalue weighted by Crippen LogP contribution is -2.34. The van der Waals surface area contributed by atoms with E-state index in [-0.39, 0.29) is 17.5 Å². The summed E-state index contributed by atoms with van der Waals surface area (Å²) in [5.41, 5.74) is 1.79. The first-order valence-electron chi connectivity index (χ1n) is 11.0. The molecule has 184 valence electrons. The number of benzene rings is 1. The standard InChI is InChI=1S/C25H28N4O4S2/c1-14(2)29-24(31)21(35-25(29)34)12-17-15(3)18(13-26)23(30)28(4)22(17)27-10-9-16-7-8-19(32-5)20(11-16)33-6/h7-8,11-12,14,27H,9-10H2,1-6H3/b21-12+. The van der Waals surface area contributed by atoms with Gasteiger partial charge in [0.25, 0.3) is 11.5 Å². The zero-order chi connectivity index (χ0) is 25.9. The maximum absolute atomic E-state index is 13.0. The first kappa shape index (κ1) is 26.3. The molecule has 1 aliphatic heterocycles. The Morgan fingerprint density at radius 3 is 2.49 bits per heavy atom. The number of ether oxygens (including phenoxy) is 2. The monoisotopic (exact) mass is 512 g/mol. The van der Waals surface area contributed by atoms with Crippen LogP contribution in [0.25, 0.3) is 6.08 Å². The first-order valence-corrected chi connectivity index (χ1v) is 12.2. The third kappa shape index (κ3) is 5.21. The van der Waals surface area contributed by atoms with Crippen molar-refractivity contribution in [2.45, 2.75) is 33.2 Å². The van der Waals surface area contributed by atoms with E-state index in [1.807, 2.05) is 38.1 Å². The molecule has 0 bridgehead atoms. The van der Waals surface area contributed by atoms with Gasteiger partial charge in [0.2, 0.25) is 0 Å². The predicted molar refractivity (Wildman–Crippen MR) is 143 cm³/mol. The van der Waals surface area contributed by atoms with Gasteiger partial charge >= 0.3 is 0 Å². The highest BCUT2D eigenvalue weighted by molar-refractivity contribution is 8.26. The summed E-state index contributed by atoms with van der Waals surface area (Å²) in [6.07, 6.45) is 2.36. The fraction of sp³-hybridized carbons (Fsp3) is 0.360. The van der Waals surface area contributed by atoms with Crippen LogP contribution in [0.1, 0.15) is 36.1 Å².